The Hall–Kier alpha value is -1.95. The van der Waals surface area contributed by atoms with E-state index in [0.717, 1.165) is 11.5 Å². The van der Waals surface area contributed by atoms with Gasteiger partial charge in [-0.25, -0.2) is 4.98 Å². The first-order valence-electron chi connectivity index (χ1n) is 5.78. The molecule has 0 aliphatic carbocycles. The van der Waals surface area contributed by atoms with Gasteiger partial charge in [0.2, 0.25) is 5.88 Å². The third kappa shape index (κ3) is 2.84. The normalized spacial score (nSPS) is 12.4. The van der Waals surface area contributed by atoms with Crippen LogP contribution in [0.4, 0.5) is 0 Å². The minimum atomic E-state index is 0.116. The second-order valence-corrected chi connectivity index (χ2v) is 4.07. The Kier molecular flexibility index (Phi) is 3.88. The van der Waals surface area contributed by atoms with Crippen LogP contribution >= 0.6 is 0 Å². The molecule has 0 amide bonds. The van der Waals surface area contributed by atoms with Crippen LogP contribution in [0.25, 0.3) is 0 Å². The monoisotopic (exact) mass is 247 g/mol. The topological polar surface area (TPSA) is 64.9 Å². The largest absolute Gasteiger partial charge is 0.481 e. The number of rotatable bonds is 5. The number of methoxy groups -OCH3 is 1. The van der Waals surface area contributed by atoms with E-state index in [2.05, 4.69) is 20.5 Å². The zero-order valence-corrected chi connectivity index (χ0v) is 10.8. The molecule has 2 rings (SSSR count). The fourth-order valence-electron chi connectivity index (χ4n) is 1.70. The van der Waals surface area contributed by atoms with Crippen LogP contribution in [0.5, 0.6) is 5.88 Å². The molecular weight excluding hydrogens is 230 g/mol. The van der Waals surface area contributed by atoms with Gasteiger partial charge in [0.05, 0.1) is 18.8 Å². The predicted octanol–water partition coefficient (Wildman–Crippen LogP) is 1.07. The molecule has 1 atom stereocenters. The van der Waals surface area contributed by atoms with E-state index in [1.807, 2.05) is 36.7 Å². The maximum absolute atomic E-state index is 5.09. The molecule has 0 aliphatic heterocycles. The molecule has 0 radical (unpaired) electrons. The van der Waals surface area contributed by atoms with Gasteiger partial charge in [0, 0.05) is 19.7 Å². The summed E-state index contributed by atoms with van der Waals surface area (Å²) in [5, 5.41) is 11.3. The van der Waals surface area contributed by atoms with Crippen molar-refractivity contribution < 1.29 is 4.74 Å². The molecule has 2 heterocycles. The van der Waals surface area contributed by atoms with Crippen molar-refractivity contribution in [2.24, 2.45) is 7.05 Å². The second-order valence-electron chi connectivity index (χ2n) is 4.07. The minimum Gasteiger partial charge on any atom is -0.481 e. The van der Waals surface area contributed by atoms with Crippen LogP contribution < -0.4 is 10.1 Å². The Morgan fingerprint density at radius 3 is 2.94 bits per heavy atom. The van der Waals surface area contributed by atoms with Crippen molar-refractivity contribution in [3.05, 3.63) is 36.0 Å². The molecule has 1 N–H and O–H groups in total. The van der Waals surface area contributed by atoms with Crippen molar-refractivity contribution in [2.75, 3.05) is 7.11 Å². The summed E-state index contributed by atoms with van der Waals surface area (Å²) in [6.45, 7) is 2.70. The highest BCUT2D eigenvalue weighted by Gasteiger charge is 2.10. The third-order valence-corrected chi connectivity index (χ3v) is 2.71. The fraction of sp³-hybridized carbons (Fsp3) is 0.417. The molecule has 96 valence electrons. The number of hydrogen-bond donors (Lipinski definition) is 1. The standard InChI is InChI=1S/C12H17N5O/c1-9(12-16-14-8-17(12)2)13-7-10-5-4-6-11(15-10)18-3/h4-6,8-9,13H,7H2,1-3H3. The quantitative estimate of drug-likeness (QED) is 0.856. The van der Waals surface area contributed by atoms with Gasteiger partial charge in [-0.05, 0) is 13.0 Å². The number of nitrogens with zero attached hydrogens (tertiary/aromatic N) is 4. The molecule has 2 aromatic heterocycles. The molecule has 0 aliphatic rings. The zero-order valence-electron chi connectivity index (χ0n) is 10.8. The molecule has 0 bridgehead atoms. The molecule has 2 aromatic rings. The van der Waals surface area contributed by atoms with Crippen LogP contribution in [0.2, 0.25) is 0 Å². The molecule has 0 fully saturated rings. The first-order valence-corrected chi connectivity index (χ1v) is 5.78. The van der Waals surface area contributed by atoms with Crippen LogP contribution in [-0.4, -0.2) is 26.9 Å². The average Bonchev–Trinajstić information content (AvgIpc) is 2.82. The van der Waals surface area contributed by atoms with Crippen LogP contribution in [0.1, 0.15) is 24.5 Å². The van der Waals surface area contributed by atoms with Gasteiger partial charge in [-0.15, -0.1) is 10.2 Å². The van der Waals surface area contributed by atoms with E-state index in [1.54, 1.807) is 13.4 Å². The van der Waals surface area contributed by atoms with Gasteiger partial charge in [0.25, 0.3) is 0 Å². The number of aromatic nitrogens is 4. The van der Waals surface area contributed by atoms with Crippen LogP contribution in [-0.2, 0) is 13.6 Å². The third-order valence-electron chi connectivity index (χ3n) is 2.71. The van der Waals surface area contributed by atoms with E-state index in [9.17, 15) is 0 Å². The van der Waals surface area contributed by atoms with E-state index < -0.39 is 0 Å². The summed E-state index contributed by atoms with van der Waals surface area (Å²) in [6, 6.07) is 5.83. The van der Waals surface area contributed by atoms with Crippen molar-refractivity contribution in [2.45, 2.75) is 19.5 Å². The minimum absolute atomic E-state index is 0.116. The lowest BCUT2D eigenvalue weighted by atomic mass is 10.3. The Balaban J connectivity index is 1.97. The lowest BCUT2D eigenvalue weighted by Crippen LogP contribution is -2.21. The smallest absolute Gasteiger partial charge is 0.213 e. The molecule has 0 aromatic carbocycles. The van der Waals surface area contributed by atoms with Gasteiger partial charge in [-0.1, -0.05) is 6.07 Å². The SMILES string of the molecule is COc1cccc(CNC(C)c2nncn2C)n1. The number of nitrogens with one attached hydrogen (secondary N) is 1. The van der Waals surface area contributed by atoms with E-state index in [4.69, 9.17) is 4.74 Å². The van der Waals surface area contributed by atoms with Crippen molar-refractivity contribution in [1.82, 2.24) is 25.1 Å². The number of pyridine rings is 1. The van der Waals surface area contributed by atoms with E-state index >= 15 is 0 Å². The van der Waals surface area contributed by atoms with Crippen LogP contribution in [0, 0.1) is 0 Å². The van der Waals surface area contributed by atoms with Crippen LogP contribution in [0.3, 0.4) is 0 Å². The van der Waals surface area contributed by atoms with Gasteiger partial charge in [-0.3, -0.25) is 0 Å². The Morgan fingerprint density at radius 1 is 1.44 bits per heavy atom. The summed E-state index contributed by atoms with van der Waals surface area (Å²) in [5.74, 6) is 1.53. The number of aryl methyl sites for hydroxylation is 1. The molecule has 6 nitrogen and oxygen atoms in total. The lowest BCUT2D eigenvalue weighted by molar-refractivity contribution is 0.395. The summed E-state index contributed by atoms with van der Waals surface area (Å²) in [7, 11) is 3.54. The Labute approximate surface area is 106 Å². The highest BCUT2D eigenvalue weighted by atomic mass is 16.5. The molecule has 0 saturated heterocycles. The fourth-order valence-corrected chi connectivity index (χ4v) is 1.70. The summed E-state index contributed by atoms with van der Waals surface area (Å²) >= 11 is 0. The van der Waals surface area contributed by atoms with Gasteiger partial charge in [-0.2, -0.15) is 0 Å². The second kappa shape index (κ2) is 5.59. The maximum atomic E-state index is 5.09. The Bertz CT molecular complexity index is 511. The van der Waals surface area contributed by atoms with E-state index in [1.165, 1.54) is 0 Å². The summed E-state index contributed by atoms with van der Waals surface area (Å²) in [6.07, 6.45) is 1.69. The highest BCUT2D eigenvalue weighted by Crippen LogP contribution is 2.10. The number of hydrogen-bond acceptors (Lipinski definition) is 5. The van der Waals surface area contributed by atoms with E-state index in [-0.39, 0.29) is 6.04 Å². The molecule has 6 heteroatoms. The van der Waals surface area contributed by atoms with Crippen molar-refractivity contribution in [1.29, 1.82) is 0 Å². The molecule has 0 saturated carbocycles. The lowest BCUT2D eigenvalue weighted by Gasteiger charge is -2.12. The molecule has 0 spiro atoms. The average molecular weight is 247 g/mol. The molecule has 1 unspecified atom stereocenters. The molecule has 18 heavy (non-hydrogen) atoms. The summed E-state index contributed by atoms with van der Waals surface area (Å²) in [4.78, 5) is 4.34. The summed E-state index contributed by atoms with van der Waals surface area (Å²) in [5.41, 5.74) is 0.934. The highest BCUT2D eigenvalue weighted by molar-refractivity contribution is 5.15. The van der Waals surface area contributed by atoms with E-state index in [0.29, 0.717) is 12.4 Å². The predicted molar refractivity (Wildman–Crippen MR) is 67.0 cm³/mol. The first-order chi connectivity index (χ1) is 8.70. The van der Waals surface area contributed by atoms with Crippen molar-refractivity contribution >= 4 is 0 Å². The van der Waals surface area contributed by atoms with Crippen LogP contribution in [0.15, 0.2) is 24.5 Å². The number of ether oxygens (including phenoxy) is 1. The summed E-state index contributed by atoms with van der Waals surface area (Å²) < 4.78 is 6.99. The Morgan fingerprint density at radius 2 is 2.28 bits per heavy atom. The van der Waals surface area contributed by atoms with Gasteiger partial charge in [0.15, 0.2) is 0 Å². The molecular formula is C12H17N5O. The first kappa shape index (κ1) is 12.5. The maximum Gasteiger partial charge on any atom is 0.213 e. The van der Waals surface area contributed by atoms with Gasteiger partial charge >= 0.3 is 0 Å². The van der Waals surface area contributed by atoms with Gasteiger partial charge in [0.1, 0.15) is 12.2 Å². The van der Waals surface area contributed by atoms with Gasteiger partial charge < -0.3 is 14.6 Å². The van der Waals surface area contributed by atoms with Crippen molar-refractivity contribution in [3.8, 4) is 5.88 Å². The zero-order chi connectivity index (χ0) is 13.0. The van der Waals surface area contributed by atoms with Crippen molar-refractivity contribution in [3.63, 3.8) is 0 Å².